The summed E-state index contributed by atoms with van der Waals surface area (Å²) in [4.78, 5) is 2.27. The molecule has 1 heterocycles. The number of aliphatic hydroxyl groups excluding tert-OH is 1. The number of rotatable bonds is 6. The largest absolute Gasteiger partial charge is 0.395 e. The molecule has 82 valence electrons. The molecule has 0 bridgehead atoms. The summed E-state index contributed by atoms with van der Waals surface area (Å²) in [6.07, 6.45) is 4.47. The van der Waals surface area contributed by atoms with Gasteiger partial charge in [0.2, 0.25) is 0 Å². The number of hydrogen-bond donors (Lipinski definition) is 2. The lowest BCUT2D eigenvalue weighted by Crippen LogP contribution is -2.42. The van der Waals surface area contributed by atoms with Crippen LogP contribution in [0.4, 0.5) is 0 Å². The molecule has 2 N–H and O–H groups in total. The zero-order chi connectivity index (χ0) is 10.4. The van der Waals surface area contributed by atoms with E-state index < -0.39 is 0 Å². The van der Waals surface area contributed by atoms with E-state index in [2.05, 4.69) is 23.7 Å². The van der Waals surface area contributed by atoms with Crippen molar-refractivity contribution in [2.24, 2.45) is 0 Å². The van der Waals surface area contributed by atoms with Crippen LogP contribution in [0.25, 0.3) is 0 Å². The second kappa shape index (κ2) is 6.17. The van der Waals surface area contributed by atoms with E-state index in [9.17, 15) is 0 Å². The molecular formula is C11H22N2O. The molecular weight excluding hydrogens is 176 g/mol. The molecule has 0 aromatic rings. The zero-order valence-electron chi connectivity index (χ0n) is 9.08. The van der Waals surface area contributed by atoms with Gasteiger partial charge in [0.15, 0.2) is 0 Å². The van der Waals surface area contributed by atoms with Gasteiger partial charge in [0.25, 0.3) is 0 Å². The van der Waals surface area contributed by atoms with Crippen LogP contribution in [-0.4, -0.2) is 48.3 Å². The van der Waals surface area contributed by atoms with Gasteiger partial charge >= 0.3 is 0 Å². The quantitative estimate of drug-likeness (QED) is 0.614. The van der Waals surface area contributed by atoms with Gasteiger partial charge in [-0.05, 0) is 26.3 Å². The maximum atomic E-state index is 8.96. The van der Waals surface area contributed by atoms with Gasteiger partial charge in [-0.1, -0.05) is 6.08 Å². The minimum absolute atomic E-state index is 0.227. The van der Waals surface area contributed by atoms with E-state index in [0.717, 1.165) is 19.6 Å². The second-order valence-electron chi connectivity index (χ2n) is 3.99. The first-order chi connectivity index (χ1) is 6.77. The molecule has 2 atom stereocenters. The van der Waals surface area contributed by atoms with E-state index in [-0.39, 0.29) is 6.61 Å². The van der Waals surface area contributed by atoms with Crippen LogP contribution in [0.2, 0.25) is 0 Å². The summed E-state index contributed by atoms with van der Waals surface area (Å²) in [5.74, 6) is 0. The fourth-order valence-corrected chi connectivity index (χ4v) is 1.93. The number of hydrogen-bond acceptors (Lipinski definition) is 3. The van der Waals surface area contributed by atoms with Crippen LogP contribution in [-0.2, 0) is 0 Å². The molecule has 1 rings (SSSR count). The third-order valence-electron chi connectivity index (χ3n) is 2.92. The maximum Gasteiger partial charge on any atom is 0.0558 e. The van der Waals surface area contributed by atoms with E-state index in [4.69, 9.17) is 5.11 Å². The first-order valence-corrected chi connectivity index (χ1v) is 5.48. The Balaban J connectivity index is 2.36. The van der Waals surface area contributed by atoms with Crippen molar-refractivity contribution in [3.05, 3.63) is 12.7 Å². The number of nitrogens with one attached hydrogen (secondary N) is 1. The van der Waals surface area contributed by atoms with Crippen molar-refractivity contribution in [2.75, 3.05) is 26.2 Å². The van der Waals surface area contributed by atoms with Crippen molar-refractivity contribution in [3.63, 3.8) is 0 Å². The molecule has 1 saturated heterocycles. The van der Waals surface area contributed by atoms with Crippen LogP contribution in [0.3, 0.4) is 0 Å². The van der Waals surface area contributed by atoms with Crippen molar-refractivity contribution in [1.82, 2.24) is 10.2 Å². The van der Waals surface area contributed by atoms with Crippen LogP contribution in [0.15, 0.2) is 12.7 Å². The summed E-state index contributed by atoms with van der Waals surface area (Å²) in [5, 5.41) is 12.4. The van der Waals surface area contributed by atoms with Gasteiger partial charge in [-0.15, -0.1) is 6.58 Å². The van der Waals surface area contributed by atoms with E-state index >= 15 is 0 Å². The van der Waals surface area contributed by atoms with Crippen molar-refractivity contribution in [3.8, 4) is 0 Å². The molecule has 3 nitrogen and oxygen atoms in total. The summed E-state index contributed by atoms with van der Waals surface area (Å²) < 4.78 is 0. The summed E-state index contributed by atoms with van der Waals surface area (Å²) in [7, 11) is 0. The van der Waals surface area contributed by atoms with E-state index in [0.29, 0.717) is 12.1 Å². The monoisotopic (exact) mass is 198 g/mol. The van der Waals surface area contributed by atoms with Crippen molar-refractivity contribution in [1.29, 1.82) is 0 Å². The molecule has 1 fully saturated rings. The summed E-state index contributed by atoms with van der Waals surface area (Å²) >= 11 is 0. The highest BCUT2D eigenvalue weighted by atomic mass is 16.3. The third-order valence-corrected chi connectivity index (χ3v) is 2.92. The Labute approximate surface area is 86.8 Å². The van der Waals surface area contributed by atoms with Gasteiger partial charge in [0, 0.05) is 25.2 Å². The first-order valence-electron chi connectivity index (χ1n) is 5.48. The van der Waals surface area contributed by atoms with Gasteiger partial charge in [-0.25, -0.2) is 0 Å². The first kappa shape index (κ1) is 11.7. The Morgan fingerprint density at radius 3 is 3.00 bits per heavy atom. The Morgan fingerprint density at radius 1 is 1.71 bits per heavy atom. The van der Waals surface area contributed by atoms with Gasteiger partial charge in [0.05, 0.1) is 6.61 Å². The normalized spacial score (nSPS) is 24.1. The maximum absolute atomic E-state index is 8.96. The average molecular weight is 198 g/mol. The third kappa shape index (κ3) is 3.40. The van der Waals surface area contributed by atoms with Gasteiger partial charge in [0.1, 0.15) is 0 Å². The molecule has 0 aromatic carbocycles. The van der Waals surface area contributed by atoms with Crippen molar-refractivity contribution < 1.29 is 5.11 Å². The van der Waals surface area contributed by atoms with Crippen molar-refractivity contribution in [2.45, 2.75) is 31.8 Å². The highest BCUT2D eigenvalue weighted by Gasteiger charge is 2.19. The summed E-state index contributed by atoms with van der Waals surface area (Å²) in [5.41, 5.74) is 0. The van der Waals surface area contributed by atoms with Crippen LogP contribution >= 0.6 is 0 Å². The fraction of sp³-hybridized carbons (Fsp3) is 0.818. The van der Waals surface area contributed by atoms with Gasteiger partial charge < -0.3 is 10.4 Å². The van der Waals surface area contributed by atoms with Crippen LogP contribution < -0.4 is 5.32 Å². The standard InChI is InChI=1S/C11H22N2O/c1-3-10(2)13(7-8-14)9-11-5-4-6-12-11/h3,10-12,14H,1,4-9H2,2H3. The molecule has 2 unspecified atom stereocenters. The second-order valence-corrected chi connectivity index (χ2v) is 3.99. The Hall–Kier alpha value is -0.380. The minimum Gasteiger partial charge on any atom is -0.395 e. The van der Waals surface area contributed by atoms with Crippen LogP contribution in [0, 0.1) is 0 Å². The zero-order valence-corrected chi connectivity index (χ0v) is 9.08. The average Bonchev–Trinajstić information content (AvgIpc) is 2.68. The van der Waals surface area contributed by atoms with Gasteiger partial charge in [-0.2, -0.15) is 0 Å². The van der Waals surface area contributed by atoms with E-state index in [1.165, 1.54) is 12.8 Å². The number of nitrogens with zero attached hydrogens (tertiary/aromatic N) is 1. The Morgan fingerprint density at radius 2 is 2.50 bits per heavy atom. The minimum atomic E-state index is 0.227. The molecule has 14 heavy (non-hydrogen) atoms. The highest BCUT2D eigenvalue weighted by Crippen LogP contribution is 2.09. The lowest BCUT2D eigenvalue weighted by molar-refractivity contribution is 0.166. The molecule has 0 radical (unpaired) electrons. The molecule has 1 aliphatic heterocycles. The molecule has 0 saturated carbocycles. The number of aliphatic hydroxyl groups is 1. The predicted octanol–water partition coefficient (Wildman–Crippen LogP) is 0.607. The summed E-state index contributed by atoms with van der Waals surface area (Å²) in [6, 6.07) is 0.952. The Bertz CT molecular complexity index is 167. The van der Waals surface area contributed by atoms with Crippen molar-refractivity contribution >= 4 is 0 Å². The van der Waals surface area contributed by atoms with Gasteiger partial charge in [-0.3, -0.25) is 4.90 Å². The fourth-order valence-electron chi connectivity index (χ4n) is 1.93. The van der Waals surface area contributed by atoms with Crippen LogP contribution in [0.5, 0.6) is 0 Å². The molecule has 0 spiro atoms. The summed E-state index contributed by atoms with van der Waals surface area (Å²) in [6.45, 7) is 9.05. The highest BCUT2D eigenvalue weighted by molar-refractivity contribution is 4.87. The lowest BCUT2D eigenvalue weighted by atomic mass is 10.2. The molecule has 0 aromatic heterocycles. The molecule has 1 aliphatic rings. The smallest absolute Gasteiger partial charge is 0.0558 e. The van der Waals surface area contributed by atoms with Crippen LogP contribution in [0.1, 0.15) is 19.8 Å². The van der Waals surface area contributed by atoms with E-state index in [1.54, 1.807) is 0 Å². The predicted molar refractivity (Wildman–Crippen MR) is 59.3 cm³/mol. The topological polar surface area (TPSA) is 35.5 Å². The Kier molecular flexibility index (Phi) is 5.15. The molecule has 0 amide bonds. The molecule has 0 aliphatic carbocycles. The molecule has 3 heteroatoms. The SMILES string of the molecule is C=CC(C)N(CCO)CC1CCCN1. The lowest BCUT2D eigenvalue weighted by Gasteiger charge is -2.28. The van der Waals surface area contributed by atoms with E-state index in [1.807, 2.05) is 6.08 Å².